The molecule has 88 valence electrons. The lowest BCUT2D eigenvalue weighted by Crippen LogP contribution is -2.31. The van der Waals surface area contributed by atoms with Gasteiger partial charge in [0.05, 0.1) is 12.2 Å². The third kappa shape index (κ3) is 2.28. The molecule has 0 fully saturated rings. The third-order valence-corrected chi connectivity index (χ3v) is 3.46. The van der Waals surface area contributed by atoms with E-state index in [0.29, 0.717) is 12.5 Å². The molecular weight excluding hydrogens is 200 g/mol. The fourth-order valence-electron chi connectivity index (χ4n) is 2.43. The lowest BCUT2D eigenvalue weighted by Gasteiger charge is -2.33. The van der Waals surface area contributed by atoms with Gasteiger partial charge in [-0.25, -0.2) is 0 Å². The highest BCUT2D eigenvalue weighted by Gasteiger charge is 2.29. The van der Waals surface area contributed by atoms with Gasteiger partial charge in [0.25, 0.3) is 0 Å². The summed E-state index contributed by atoms with van der Waals surface area (Å²) in [5.74, 6) is 0.522. The van der Waals surface area contributed by atoms with Crippen molar-refractivity contribution < 1.29 is 9.84 Å². The van der Waals surface area contributed by atoms with Crippen LogP contribution in [0.4, 0.5) is 0 Å². The summed E-state index contributed by atoms with van der Waals surface area (Å²) in [5, 5.41) is 9.98. The van der Waals surface area contributed by atoms with Crippen LogP contribution in [-0.4, -0.2) is 23.9 Å². The maximum absolute atomic E-state index is 9.98. The second kappa shape index (κ2) is 4.98. The number of hydrogen-bond donors (Lipinski definition) is 1. The number of rotatable bonds is 5. The van der Waals surface area contributed by atoms with Crippen LogP contribution in [-0.2, 0) is 11.2 Å². The first-order valence-corrected chi connectivity index (χ1v) is 6.09. The molecule has 1 aliphatic carbocycles. The zero-order valence-electron chi connectivity index (χ0n) is 10.0. The highest BCUT2D eigenvalue weighted by atomic mass is 16.5. The molecule has 0 saturated heterocycles. The first-order valence-electron chi connectivity index (χ1n) is 6.09. The summed E-state index contributed by atoms with van der Waals surface area (Å²) in [4.78, 5) is 0. The molecule has 0 radical (unpaired) electrons. The molecule has 2 nitrogen and oxygen atoms in total. The lowest BCUT2D eigenvalue weighted by atomic mass is 9.74. The summed E-state index contributed by atoms with van der Waals surface area (Å²) in [5.41, 5.74) is 2.84. The lowest BCUT2D eigenvalue weighted by molar-refractivity contribution is -0.0284. The van der Waals surface area contributed by atoms with E-state index in [0.717, 1.165) is 12.8 Å². The van der Waals surface area contributed by atoms with Crippen LogP contribution in [0.25, 0.3) is 0 Å². The van der Waals surface area contributed by atoms with Gasteiger partial charge in [0.1, 0.15) is 0 Å². The van der Waals surface area contributed by atoms with E-state index >= 15 is 0 Å². The van der Waals surface area contributed by atoms with Crippen molar-refractivity contribution in [1.29, 1.82) is 0 Å². The van der Waals surface area contributed by atoms with Crippen molar-refractivity contribution >= 4 is 0 Å². The zero-order chi connectivity index (χ0) is 11.5. The smallest absolute Gasteiger partial charge is 0.0805 e. The van der Waals surface area contributed by atoms with Gasteiger partial charge in [-0.1, -0.05) is 24.3 Å². The van der Waals surface area contributed by atoms with Gasteiger partial charge >= 0.3 is 0 Å². The molecule has 0 saturated carbocycles. The van der Waals surface area contributed by atoms with Crippen LogP contribution in [0.2, 0.25) is 0 Å². The Balaban J connectivity index is 1.89. The number of aliphatic hydroxyl groups is 1. The molecule has 2 heteroatoms. The van der Waals surface area contributed by atoms with Crippen molar-refractivity contribution in [3.63, 3.8) is 0 Å². The standard InChI is InChI=1S/C14H20O2/c1-3-16-10(2)14(15)9-12-8-11-6-4-5-7-13(11)12/h4-7,10,12,14-15H,3,8-9H2,1-2H3. The van der Waals surface area contributed by atoms with Gasteiger partial charge in [0.2, 0.25) is 0 Å². The van der Waals surface area contributed by atoms with Gasteiger partial charge in [-0.05, 0) is 43.7 Å². The normalized spacial score (nSPS) is 22.1. The van der Waals surface area contributed by atoms with E-state index in [2.05, 4.69) is 24.3 Å². The predicted molar refractivity (Wildman–Crippen MR) is 64.6 cm³/mol. The van der Waals surface area contributed by atoms with Crippen LogP contribution in [0.5, 0.6) is 0 Å². The Kier molecular flexibility index (Phi) is 3.62. The largest absolute Gasteiger partial charge is 0.390 e. The number of fused-ring (bicyclic) bond motifs is 1. The van der Waals surface area contributed by atoms with E-state index in [1.807, 2.05) is 13.8 Å². The highest BCUT2D eigenvalue weighted by Crippen LogP contribution is 2.38. The van der Waals surface area contributed by atoms with Crippen LogP contribution in [0.3, 0.4) is 0 Å². The van der Waals surface area contributed by atoms with Crippen LogP contribution >= 0.6 is 0 Å². The molecule has 2 rings (SSSR count). The SMILES string of the molecule is CCOC(C)C(O)CC1Cc2ccccc21. The third-order valence-electron chi connectivity index (χ3n) is 3.46. The first kappa shape index (κ1) is 11.6. The van der Waals surface area contributed by atoms with Gasteiger partial charge in [-0.15, -0.1) is 0 Å². The minimum Gasteiger partial charge on any atom is -0.390 e. The van der Waals surface area contributed by atoms with Crippen LogP contribution in [0.1, 0.15) is 37.3 Å². The topological polar surface area (TPSA) is 29.5 Å². The molecule has 1 N–H and O–H groups in total. The second-order valence-electron chi connectivity index (χ2n) is 4.56. The van der Waals surface area contributed by atoms with Crippen molar-refractivity contribution in [3.05, 3.63) is 35.4 Å². The minimum atomic E-state index is -0.349. The summed E-state index contributed by atoms with van der Waals surface area (Å²) < 4.78 is 5.41. The van der Waals surface area contributed by atoms with E-state index < -0.39 is 0 Å². The van der Waals surface area contributed by atoms with E-state index in [1.54, 1.807) is 0 Å². The Morgan fingerprint density at radius 2 is 2.19 bits per heavy atom. The number of benzene rings is 1. The maximum Gasteiger partial charge on any atom is 0.0805 e. The van der Waals surface area contributed by atoms with E-state index in [4.69, 9.17) is 4.74 Å². The summed E-state index contributed by atoms with van der Waals surface area (Å²) in [7, 11) is 0. The molecule has 0 amide bonds. The molecule has 0 aromatic heterocycles. The molecule has 0 bridgehead atoms. The summed E-state index contributed by atoms with van der Waals surface area (Å²) >= 11 is 0. The van der Waals surface area contributed by atoms with Crippen molar-refractivity contribution in [2.75, 3.05) is 6.61 Å². The van der Waals surface area contributed by atoms with Gasteiger partial charge in [-0.2, -0.15) is 0 Å². The van der Waals surface area contributed by atoms with E-state index in [-0.39, 0.29) is 12.2 Å². The molecule has 16 heavy (non-hydrogen) atoms. The quantitative estimate of drug-likeness (QED) is 0.826. The Bertz CT molecular complexity index is 348. The highest BCUT2D eigenvalue weighted by molar-refractivity contribution is 5.39. The number of ether oxygens (including phenoxy) is 1. The Hall–Kier alpha value is -0.860. The van der Waals surface area contributed by atoms with Gasteiger partial charge < -0.3 is 9.84 Å². The summed E-state index contributed by atoms with van der Waals surface area (Å²) in [6, 6.07) is 8.49. The van der Waals surface area contributed by atoms with Crippen molar-refractivity contribution in [2.24, 2.45) is 0 Å². The molecule has 0 aliphatic heterocycles. The maximum atomic E-state index is 9.98. The summed E-state index contributed by atoms with van der Waals surface area (Å²) in [6.07, 6.45) is 1.51. The fraction of sp³-hybridized carbons (Fsp3) is 0.571. The fourth-order valence-corrected chi connectivity index (χ4v) is 2.43. The molecule has 0 heterocycles. The Morgan fingerprint density at radius 1 is 1.44 bits per heavy atom. The average Bonchev–Trinajstić information content (AvgIpc) is 2.26. The van der Waals surface area contributed by atoms with Crippen LogP contribution in [0.15, 0.2) is 24.3 Å². The molecule has 1 aromatic rings. The van der Waals surface area contributed by atoms with Gasteiger partial charge in [-0.3, -0.25) is 0 Å². The number of hydrogen-bond acceptors (Lipinski definition) is 2. The van der Waals surface area contributed by atoms with Crippen LogP contribution < -0.4 is 0 Å². The van der Waals surface area contributed by atoms with E-state index in [1.165, 1.54) is 11.1 Å². The molecular formula is C14H20O2. The molecule has 3 unspecified atom stereocenters. The average molecular weight is 220 g/mol. The minimum absolute atomic E-state index is 0.0576. The second-order valence-corrected chi connectivity index (χ2v) is 4.56. The molecule has 1 aromatic carbocycles. The van der Waals surface area contributed by atoms with Crippen molar-refractivity contribution in [3.8, 4) is 0 Å². The summed E-state index contributed by atoms with van der Waals surface area (Å²) in [6.45, 7) is 4.57. The molecule has 0 spiro atoms. The predicted octanol–water partition coefficient (Wildman–Crippen LogP) is 2.50. The van der Waals surface area contributed by atoms with Crippen molar-refractivity contribution in [1.82, 2.24) is 0 Å². The molecule has 3 atom stereocenters. The Labute approximate surface area is 97.3 Å². The molecule has 1 aliphatic rings. The Morgan fingerprint density at radius 3 is 2.88 bits per heavy atom. The van der Waals surface area contributed by atoms with Crippen LogP contribution in [0, 0.1) is 0 Å². The zero-order valence-corrected chi connectivity index (χ0v) is 10.0. The van der Waals surface area contributed by atoms with Gasteiger partial charge in [0.15, 0.2) is 0 Å². The van der Waals surface area contributed by atoms with E-state index in [9.17, 15) is 5.11 Å². The van der Waals surface area contributed by atoms with Crippen molar-refractivity contribution in [2.45, 2.75) is 44.8 Å². The monoisotopic (exact) mass is 220 g/mol. The van der Waals surface area contributed by atoms with Gasteiger partial charge in [0, 0.05) is 6.61 Å². The number of aliphatic hydroxyl groups excluding tert-OH is 1. The first-order chi connectivity index (χ1) is 7.72.